The summed E-state index contributed by atoms with van der Waals surface area (Å²) < 4.78 is 5.27. The summed E-state index contributed by atoms with van der Waals surface area (Å²) in [6.07, 6.45) is 2.69. The van der Waals surface area contributed by atoms with E-state index in [-0.39, 0.29) is 17.0 Å². The number of nitrogens with zero attached hydrogens (tertiary/aromatic N) is 1. The second kappa shape index (κ2) is 8.87. The van der Waals surface area contributed by atoms with Crippen LogP contribution in [-0.4, -0.2) is 40.2 Å². The average Bonchev–Trinajstić information content (AvgIpc) is 3.36. The molecule has 0 unspecified atom stereocenters. The van der Waals surface area contributed by atoms with Crippen LogP contribution in [0, 0.1) is 0 Å². The van der Waals surface area contributed by atoms with Crippen molar-refractivity contribution in [2.45, 2.75) is 12.8 Å². The third kappa shape index (κ3) is 4.77. The highest BCUT2D eigenvalue weighted by molar-refractivity contribution is 6.04. The van der Waals surface area contributed by atoms with Crippen LogP contribution < -0.4 is 16.4 Å². The van der Waals surface area contributed by atoms with Crippen molar-refractivity contribution < 1.29 is 19.1 Å². The van der Waals surface area contributed by atoms with Gasteiger partial charge in [0.15, 0.2) is 5.69 Å². The summed E-state index contributed by atoms with van der Waals surface area (Å²) in [5, 5.41) is 22.0. The van der Waals surface area contributed by atoms with Gasteiger partial charge in [-0.25, -0.2) is 0 Å². The predicted molar refractivity (Wildman–Crippen MR) is 102 cm³/mol. The van der Waals surface area contributed by atoms with Gasteiger partial charge in [-0.3, -0.25) is 14.7 Å². The molecule has 0 saturated heterocycles. The molecule has 0 aliphatic heterocycles. The Balaban J connectivity index is 1.66. The van der Waals surface area contributed by atoms with Crippen LogP contribution in [0.25, 0.3) is 0 Å². The van der Waals surface area contributed by atoms with E-state index in [4.69, 9.17) is 10.2 Å². The number of phenols is 1. The Hall–Kier alpha value is -3.59. The van der Waals surface area contributed by atoms with Gasteiger partial charge in [0, 0.05) is 24.3 Å². The van der Waals surface area contributed by atoms with Crippen molar-refractivity contribution in [1.82, 2.24) is 15.5 Å². The number of nitrogens with one attached hydrogen (secondary N) is 3. The number of amides is 2. The molecular weight excluding hydrogens is 362 g/mol. The molecule has 9 heteroatoms. The van der Waals surface area contributed by atoms with Crippen molar-refractivity contribution in [3.05, 3.63) is 65.4 Å². The lowest BCUT2D eigenvalue weighted by Crippen LogP contribution is -2.26. The van der Waals surface area contributed by atoms with Gasteiger partial charge in [-0.05, 0) is 49.4 Å². The van der Waals surface area contributed by atoms with Crippen LogP contribution in [0.2, 0.25) is 0 Å². The molecule has 2 heterocycles. The van der Waals surface area contributed by atoms with Gasteiger partial charge in [-0.1, -0.05) is 0 Å². The fourth-order valence-electron chi connectivity index (χ4n) is 2.56. The topological polar surface area (TPSA) is 146 Å². The standard InChI is InChI=1S/C19H21N5O4/c20-6-2-7-21-18(26)15-10-12(4-5-17(15)25)22-19(27)16-11-13(23-24-16)9-14-3-1-8-28-14/h1,3-5,8,10-11,25H,2,6-7,9,20H2,(H,21,26)(H,22,27)(H,23,24). The zero-order valence-electron chi connectivity index (χ0n) is 15.1. The van der Waals surface area contributed by atoms with Gasteiger partial charge < -0.3 is 25.9 Å². The van der Waals surface area contributed by atoms with E-state index in [0.29, 0.717) is 31.6 Å². The van der Waals surface area contributed by atoms with Gasteiger partial charge in [-0.2, -0.15) is 5.10 Å². The first kappa shape index (κ1) is 19.2. The monoisotopic (exact) mass is 383 g/mol. The number of benzene rings is 1. The molecule has 28 heavy (non-hydrogen) atoms. The van der Waals surface area contributed by atoms with E-state index < -0.39 is 11.8 Å². The highest BCUT2D eigenvalue weighted by Crippen LogP contribution is 2.22. The number of aromatic hydroxyl groups is 1. The van der Waals surface area contributed by atoms with Crippen molar-refractivity contribution >= 4 is 17.5 Å². The maximum Gasteiger partial charge on any atom is 0.276 e. The number of phenolic OH excluding ortho intramolecular Hbond substituents is 1. The molecular formula is C19H21N5O4. The molecule has 6 N–H and O–H groups in total. The fourth-order valence-corrected chi connectivity index (χ4v) is 2.56. The second-order valence-electron chi connectivity index (χ2n) is 6.12. The lowest BCUT2D eigenvalue weighted by molar-refractivity contribution is 0.0949. The van der Waals surface area contributed by atoms with E-state index >= 15 is 0 Å². The zero-order chi connectivity index (χ0) is 19.9. The van der Waals surface area contributed by atoms with Crippen molar-refractivity contribution in [3.63, 3.8) is 0 Å². The van der Waals surface area contributed by atoms with E-state index in [2.05, 4.69) is 20.8 Å². The van der Waals surface area contributed by atoms with E-state index in [9.17, 15) is 14.7 Å². The number of hydrogen-bond acceptors (Lipinski definition) is 6. The number of aromatic amines is 1. The smallest absolute Gasteiger partial charge is 0.276 e. The predicted octanol–water partition coefficient (Wildman–Crippen LogP) is 1.63. The number of rotatable bonds is 8. The summed E-state index contributed by atoms with van der Waals surface area (Å²) in [4.78, 5) is 24.6. The Morgan fingerprint density at radius 2 is 2.07 bits per heavy atom. The van der Waals surface area contributed by atoms with Gasteiger partial charge >= 0.3 is 0 Å². The average molecular weight is 383 g/mol. The minimum absolute atomic E-state index is 0.0651. The normalized spacial score (nSPS) is 10.6. The van der Waals surface area contributed by atoms with Gasteiger partial charge in [-0.15, -0.1) is 0 Å². The Morgan fingerprint density at radius 3 is 2.82 bits per heavy atom. The maximum absolute atomic E-state index is 12.4. The van der Waals surface area contributed by atoms with Crippen LogP contribution in [0.15, 0.2) is 47.1 Å². The first-order valence-electron chi connectivity index (χ1n) is 8.76. The summed E-state index contributed by atoms with van der Waals surface area (Å²) >= 11 is 0. The van der Waals surface area contributed by atoms with Crippen LogP contribution in [-0.2, 0) is 6.42 Å². The minimum Gasteiger partial charge on any atom is -0.507 e. The molecule has 0 spiro atoms. The molecule has 0 saturated carbocycles. The second-order valence-corrected chi connectivity index (χ2v) is 6.12. The summed E-state index contributed by atoms with van der Waals surface area (Å²) in [5.41, 5.74) is 6.75. The van der Waals surface area contributed by atoms with Crippen LogP contribution in [0.4, 0.5) is 5.69 Å². The molecule has 0 aliphatic rings. The summed E-state index contributed by atoms with van der Waals surface area (Å²) in [6.45, 7) is 0.852. The summed E-state index contributed by atoms with van der Waals surface area (Å²) in [7, 11) is 0. The Morgan fingerprint density at radius 1 is 1.21 bits per heavy atom. The number of furan rings is 1. The molecule has 1 aromatic carbocycles. The van der Waals surface area contributed by atoms with Crippen molar-refractivity contribution in [2.75, 3.05) is 18.4 Å². The number of nitrogens with two attached hydrogens (primary N) is 1. The molecule has 9 nitrogen and oxygen atoms in total. The third-order valence-corrected chi connectivity index (χ3v) is 3.97. The van der Waals surface area contributed by atoms with Crippen LogP contribution in [0.3, 0.4) is 0 Å². The van der Waals surface area contributed by atoms with Crippen LogP contribution in [0.1, 0.15) is 38.7 Å². The summed E-state index contributed by atoms with van der Waals surface area (Å²) in [5.74, 6) is -0.312. The fraction of sp³-hybridized carbons (Fsp3) is 0.211. The number of H-pyrrole nitrogens is 1. The Labute approximate surface area is 160 Å². The molecule has 3 aromatic rings. The molecule has 0 fully saturated rings. The number of aromatic nitrogens is 2. The Bertz CT molecular complexity index is 949. The molecule has 0 bridgehead atoms. The lowest BCUT2D eigenvalue weighted by Gasteiger charge is -2.09. The highest BCUT2D eigenvalue weighted by Gasteiger charge is 2.15. The molecule has 0 radical (unpaired) electrons. The van der Waals surface area contributed by atoms with Crippen molar-refractivity contribution in [1.29, 1.82) is 0 Å². The van der Waals surface area contributed by atoms with Crippen LogP contribution in [0.5, 0.6) is 5.75 Å². The first-order valence-corrected chi connectivity index (χ1v) is 8.76. The van der Waals surface area contributed by atoms with E-state index in [0.717, 1.165) is 11.5 Å². The third-order valence-electron chi connectivity index (χ3n) is 3.97. The number of carbonyl (C=O) groups excluding carboxylic acids is 2. The largest absolute Gasteiger partial charge is 0.507 e. The van der Waals surface area contributed by atoms with E-state index in [1.54, 1.807) is 18.4 Å². The molecule has 2 amide bonds. The molecule has 2 aromatic heterocycles. The van der Waals surface area contributed by atoms with Crippen molar-refractivity contribution in [3.8, 4) is 5.75 Å². The maximum atomic E-state index is 12.4. The van der Waals surface area contributed by atoms with Crippen LogP contribution >= 0.6 is 0 Å². The number of anilines is 1. The minimum atomic E-state index is -0.442. The molecule has 146 valence electrons. The quantitative estimate of drug-likeness (QED) is 0.295. The Kier molecular flexibility index (Phi) is 6.07. The number of hydrogen-bond donors (Lipinski definition) is 5. The molecule has 0 atom stereocenters. The highest BCUT2D eigenvalue weighted by atomic mass is 16.3. The van der Waals surface area contributed by atoms with E-state index in [1.807, 2.05) is 6.07 Å². The SMILES string of the molecule is NCCCNC(=O)c1cc(NC(=O)c2cc(Cc3ccco3)[nH]n2)ccc1O. The number of carbonyl (C=O) groups is 2. The van der Waals surface area contributed by atoms with Gasteiger partial charge in [0.25, 0.3) is 11.8 Å². The summed E-state index contributed by atoms with van der Waals surface area (Å²) in [6, 6.07) is 9.49. The van der Waals surface area contributed by atoms with E-state index in [1.165, 1.54) is 18.2 Å². The van der Waals surface area contributed by atoms with Gasteiger partial charge in [0.1, 0.15) is 11.5 Å². The zero-order valence-corrected chi connectivity index (χ0v) is 15.1. The molecule has 3 rings (SSSR count). The van der Waals surface area contributed by atoms with Gasteiger partial charge in [0.05, 0.1) is 11.8 Å². The first-order chi connectivity index (χ1) is 13.6. The molecule has 0 aliphatic carbocycles. The lowest BCUT2D eigenvalue weighted by atomic mass is 10.1. The van der Waals surface area contributed by atoms with Gasteiger partial charge in [0.2, 0.25) is 0 Å². The van der Waals surface area contributed by atoms with Crippen molar-refractivity contribution in [2.24, 2.45) is 5.73 Å².